The molecule has 11 heteroatoms. The zero-order chi connectivity index (χ0) is 26.1. The quantitative estimate of drug-likeness (QED) is 0.469. The highest BCUT2D eigenvalue weighted by molar-refractivity contribution is 5.89. The van der Waals surface area contributed by atoms with E-state index in [9.17, 15) is 18.4 Å². The molecule has 3 heterocycles. The van der Waals surface area contributed by atoms with Gasteiger partial charge in [-0.05, 0) is 30.4 Å². The van der Waals surface area contributed by atoms with Gasteiger partial charge in [-0.3, -0.25) is 9.59 Å². The second-order valence-corrected chi connectivity index (χ2v) is 9.78. The van der Waals surface area contributed by atoms with Crippen LogP contribution in [0.15, 0.2) is 48.7 Å². The largest absolute Gasteiger partial charge is 0.362 e. The summed E-state index contributed by atoms with van der Waals surface area (Å²) < 4.78 is 30.7. The van der Waals surface area contributed by atoms with Crippen LogP contribution in [0.25, 0.3) is 0 Å². The normalized spacial score (nSPS) is 20.1. The van der Waals surface area contributed by atoms with E-state index in [-0.39, 0.29) is 25.4 Å². The maximum absolute atomic E-state index is 14.8. The molecule has 2 aliphatic rings. The van der Waals surface area contributed by atoms with Crippen molar-refractivity contribution in [3.63, 3.8) is 0 Å². The Morgan fingerprint density at radius 3 is 2.59 bits per heavy atom. The Morgan fingerprint density at radius 1 is 1.16 bits per heavy atom. The van der Waals surface area contributed by atoms with Crippen molar-refractivity contribution in [3.05, 3.63) is 71.4 Å². The van der Waals surface area contributed by atoms with Crippen LogP contribution in [0.4, 0.5) is 14.6 Å². The first-order chi connectivity index (χ1) is 17.8. The number of nitrogens with one attached hydrogen (secondary N) is 1. The summed E-state index contributed by atoms with van der Waals surface area (Å²) in [7, 11) is 3.59. The van der Waals surface area contributed by atoms with Gasteiger partial charge in [0.25, 0.3) is 0 Å². The molecule has 5 rings (SSSR count). The lowest BCUT2D eigenvalue weighted by Crippen LogP contribution is -2.48. The SMILES string of the molecule is CN(C)c1cnnn1CC(=O)N1CC(F)CC1C(=O)NC(c1ccccc1)c1ccc(C2CC2)c(F)n1. The molecule has 3 aromatic rings. The second kappa shape index (κ2) is 10.2. The van der Waals surface area contributed by atoms with E-state index in [1.807, 2.05) is 30.3 Å². The molecule has 1 aliphatic heterocycles. The molecule has 0 spiro atoms. The van der Waals surface area contributed by atoms with Crippen molar-refractivity contribution in [2.75, 3.05) is 25.5 Å². The number of likely N-dealkylation sites (tertiary alicyclic amines) is 1. The molecule has 1 aliphatic carbocycles. The lowest BCUT2D eigenvalue weighted by Gasteiger charge is -2.27. The number of halogens is 2. The van der Waals surface area contributed by atoms with E-state index in [4.69, 9.17) is 0 Å². The average molecular weight is 510 g/mol. The van der Waals surface area contributed by atoms with Crippen LogP contribution < -0.4 is 10.2 Å². The molecule has 1 saturated heterocycles. The van der Waals surface area contributed by atoms with Gasteiger partial charge in [0, 0.05) is 26.1 Å². The zero-order valence-corrected chi connectivity index (χ0v) is 20.7. The van der Waals surface area contributed by atoms with E-state index in [0.717, 1.165) is 12.8 Å². The maximum Gasteiger partial charge on any atom is 0.245 e. The molecule has 3 unspecified atom stereocenters. The predicted molar refractivity (Wildman–Crippen MR) is 132 cm³/mol. The molecular formula is C26H29F2N7O2. The fourth-order valence-corrected chi connectivity index (χ4v) is 4.77. The highest BCUT2D eigenvalue weighted by Crippen LogP contribution is 2.41. The number of anilines is 1. The van der Waals surface area contributed by atoms with E-state index in [2.05, 4.69) is 20.6 Å². The van der Waals surface area contributed by atoms with Crippen molar-refractivity contribution < 1.29 is 18.4 Å². The molecule has 37 heavy (non-hydrogen) atoms. The minimum Gasteiger partial charge on any atom is -0.362 e. The molecule has 194 valence electrons. The summed E-state index contributed by atoms with van der Waals surface area (Å²) in [6.07, 6.45) is 1.94. The van der Waals surface area contributed by atoms with Crippen LogP contribution in [0.2, 0.25) is 0 Å². The Balaban J connectivity index is 1.37. The van der Waals surface area contributed by atoms with E-state index >= 15 is 0 Å². The number of benzene rings is 1. The Labute approximate surface area is 213 Å². The smallest absolute Gasteiger partial charge is 0.245 e. The number of pyridine rings is 1. The molecule has 1 aromatic carbocycles. The van der Waals surface area contributed by atoms with Gasteiger partial charge in [0.05, 0.1) is 24.5 Å². The van der Waals surface area contributed by atoms with Gasteiger partial charge in [0.1, 0.15) is 24.6 Å². The van der Waals surface area contributed by atoms with Gasteiger partial charge in [-0.2, -0.15) is 4.39 Å². The first-order valence-electron chi connectivity index (χ1n) is 12.3. The summed E-state index contributed by atoms with van der Waals surface area (Å²) in [6, 6.07) is 10.7. The number of aromatic nitrogens is 4. The lowest BCUT2D eigenvalue weighted by molar-refractivity contribution is -0.139. The lowest BCUT2D eigenvalue weighted by atomic mass is 10.0. The summed E-state index contributed by atoms with van der Waals surface area (Å²) >= 11 is 0. The van der Waals surface area contributed by atoms with E-state index in [0.29, 0.717) is 22.6 Å². The first-order valence-corrected chi connectivity index (χ1v) is 12.3. The van der Waals surface area contributed by atoms with Crippen LogP contribution in [0, 0.1) is 5.95 Å². The number of alkyl halides is 1. The fourth-order valence-electron chi connectivity index (χ4n) is 4.77. The minimum absolute atomic E-state index is 0.126. The third kappa shape index (κ3) is 5.30. The van der Waals surface area contributed by atoms with Gasteiger partial charge in [-0.15, -0.1) is 5.10 Å². The molecule has 2 aromatic heterocycles. The van der Waals surface area contributed by atoms with Gasteiger partial charge in [0.15, 0.2) is 0 Å². The van der Waals surface area contributed by atoms with E-state index in [1.165, 1.54) is 15.8 Å². The Morgan fingerprint density at radius 2 is 1.92 bits per heavy atom. The summed E-state index contributed by atoms with van der Waals surface area (Å²) in [5.74, 6) is -0.701. The van der Waals surface area contributed by atoms with Crippen LogP contribution in [-0.2, 0) is 16.1 Å². The number of carbonyl (C=O) groups excluding carboxylic acids is 2. The number of rotatable bonds is 8. The molecule has 2 fully saturated rings. The summed E-state index contributed by atoms with van der Waals surface area (Å²) in [4.78, 5) is 33.8. The minimum atomic E-state index is -1.34. The van der Waals surface area contributed by atoms with Gasteiger partial charge in [-0.1, -0.05) is 41.6 Å². The Hall–Kier alpha value is -3.89. The van der Waals surface area contributed by atoms with Crippen molar-refractivity contribution in [2.45, 2.75) is 50.0 Å². The van der Waals surface area contributed by atoms with Crippen LogP contribution in [0.5, 0.6) is 0 Å². The van der Waals surface area contributed by atoms with Crippen molar-refractivity contribution in [2.24, 2.45) is 0 Å². The molecule has 1 saturated carbocycles. The molecule has 3 atom stereocenters. The van der Waals surface area contributed by atoms with Gasteiger partial charge >= 0.3 is 0 Å². The number of amides is 2. The van der Waals surface area contributed by atoms with E-state index in [1.54, 1.807) is 31.1 Å². The second-order valence-electron chi connectivity index (χ2n) is 9.78. The molecule has 1 N–H and O–H groups in total. The summed E-state index contributed by atoms with van der Waals surface area (Å²) in [6.45, 7) is -0.372. The molecule has 0 radical (unpaired) electrons. The molecular weight excluding hydrogens is 480 g/mol. The monoisotopic (exact) mass is 509 g/mol. The van der Waals surface area contributed by atoms with Crippen molar-refractivity contribution in [3.8, 4) is 0 Å². The van der Waals surface area contributed by atoms with Gasteiger partial charge in [0.2, 0.25) is 17.8 Å². The Kier molecular flexibility index (Phi) is 6.86. The molecule has 0 bridgehead atoms. The van der Waals surface area contributed by atoms with Crippen molar-refractivity contribution in [1.29, 1.82) is 0 Å². The molecule has 9 nitrogen and oxygen atoms in total. The third-order valence-corrected chi connectivity index (χ3v) is 6.85. The van der Waals surface area contributed by atoms with E-state index < -0.39 is 36.0 Å². The average Bonchev–Trinajstić information content (AvgIpc) is 3.48. The Bertz CT molecular complexity index is 1280. The van der Waals surface area contributed by atoms with Gasteiger partial charge < -0.3 is 15.1 Å². The number of hydrogen-bond donors (Lipinski definition) is 1. The topological polar surface area (TPSA) is 96.3 Å². The van der Waals surface area contributed by atoms with Crippen LogP contribution in [0.3, 0.4) is 0 Å². The van der Waals surface area contributed by atoms with Crippen LogP contribution in [-0.4, -0.2) is 69.5 Å². The zero-order valence-electron chi connectivity index (χ0n) is 20.7. The summed E-state index contributed by atoms with van der Waals surface area (Å²) in [5.41, 5.74) is 1.63. The maximum atomic E-state index is 14.8. The fraction of sp³-hybridized carbons (Fsp3) is 0.423. The first kappa shape index (κ1) is 24.8. The highest BCUT2D eigenvalue weighted by Gasteiger charge is 2.41. The number of nitrogens with zero attached hydrogens (tertiary/aromatic N) is 6. The van der Waals surface area contributed by atoms with Gasteiger partial charge in [-0.25, -0.2) is 14.1 Å². The summed E-state index contributed by atoms with van der Waals surface area (Å²) in [5, 5.41) is 10.7. The standard InChI is InChI=1S/C26H29F2N7O2/c1-33(2)22-13-29-32-35(22)15-23(36)34-14-18(27)12-21(34)26(37)31-24(17-6-4-3-5-7-17)20-11-10-19(16-8-9-16)25(28)30-20/h3-7,10-11,13,16,18,21,24H,8-9,12,14-15H2,1-2H3,(H,31,37). The van der Waals surface area contributed by atoms with Crippen LogP contribution in [0.1, 0.15) is 48.0 Å². The van der Waals surface area contributed by atoms with Crippen molar-refractivity contribution >= 4 is 17.6 Å². The highest BCUT2D eigenvalue weighted by atomic mass is 19.1. The predicted octanol–water partition coefficient (Wildman–Crippen LogP) is 2.60. The van der Waals surface area contributed by atoms with Crippen LogP contribution >= 0.6 is 0 Å². The third-order valence-electron chi connectivity index (χ3n) is 6.85. The molecule has 2 amide bonds. The number of carbonyl (C=O) groups is 2. The van der Waals surface area contributed by atoms with Crippen molar-refractivity contribution in [1.82, 2.24) is 30.2 Å². The number of hydrogen-bond acceptors (Lipinski definition) is 6.